The fourth-order valence-corrected chi connectivity index (χ4v) is 6.59. The number of rotatable bonds is 5. The topological polar surface area (TPSA) is 111 Å². The zero-order valence-electron chi connectivity index (χ0n) is 24.2. The van der Waals surface area contributed by atoms with Crippen molar-refractivity contribution in [3.8, 4) is 5.75 Å². The van der Waals surface area contributed by atoms with Crippen molar-refractivity contribution in [2.24, 2.45) is 0 Å². The van der Waals surface area contributed by atoms with E-state index in [1.54, 1.807) is 32.2 Å². The lowest BCUT2D eigenvalue weighted by molar-refractivity contribution is -0.120. The zero-order chi connectivity index (χ0) is 30.5. The predicted octanol–water partition coefficient (Wildman–Crippen LogP) is 5.10. The van der Waals surface area contributed by atoms with Gasteiger partial charge in [0, 0.05) is 24.9 Å². The van der Waals surface area contributed by atoms with Crippen molar-refractivity contribution in [3.05, 3.63) is 92.0 Å². The summed E-state index contributed by atoms with van der Waals surface area (Å²) < 4.78 is 38.1. The van der Waals surface area contributed by atoms with E-state index in [0.717, 1.165) is 30.2 Å². The molecule has 4 atom stereocenters. The SMILES string of the molecule is CC(=O)NC(C)(C)c1nccc([C@@H]2NC=C3CCCCc4cc(OC5CCc6cc(F)cnc65)c(Cl)c(=O)n4C3[C@@H]2F)n1. The van der Waals surface area contributed by atoms with Crippen molar-refractivity contribution in [2.45, 2.75) is 89.2 Å². The van der Waals surface area contributed by atoms with Crippen LogP contribution >= 0.6 is 11.6 Å². The number of carbonyl (C=O) groups excluding carboxylic acids is 1. The zero-order valence-corrected chi connectivity index (χ0v) is 24.9. The third-order valence-electron chi connectivity index (χ3n) is 8.37. The molecule has 0 bridgehead atoms. The van der Waals surface area contributed by atoms with Crippen LogP contribution in [0.5, 0.6) is 5.75 Å². The van der Waals surface area contributed by atoms with Gasteiger partial charge in [-0.3, -0.25) is 14.6 Å². The second-order valence-electron chi connectivity index (χ2n) is 11.9. The number of fused-ring (bicyclic) bond motifs is 4. The van der Waals surface area contributed by atoms with E-state index in [2.05, 4.69) is 25.6 Å². The molecule has 2 unspecified atom stereocenters. The molecule has 1 amide bonds. The normalized spacial score (nSPS) is 23.1. The van der Waals surface area contributed by atoms with E-state index < -0.39 is 41.3 Å². The van der Waals surface area contributed by atoms with Crippen LogP contribution in [0.2, 0.25) is 5.02 Å². The number of hydrogen-bond donors (Lipinski definition) is 2. The Morgan fingerprint density at radius 2 is 2.00 bits per heavy atom. The minimum absolute atomic E-state index is 0.136. The van der Waals surface area contributed by atoms with E-state index in [4.69, 9.17) is 16.3 Å². The highest BCUT2D eigenvalue weighted by Crippen LogP contribution is 2.42. The minimum Gasteiger partial charge on any atom is -0.482 e. The molecule has 0 saturated carbocycles. The molecule has 0 radical (unpaired) electrons. The second-order valence-corrected chi connectivity index (χ2v) is 12.3. The van der Waals surface area contributed by atoms with Crippen molar-refractivity contribution in [1.29, 1.82) is 0 Å². The smallest absolute Gasteiger partial charge is 0.274 e. The maximum absolute atomic E-state index is 16.7. The summed E-state index contributed by atoms with van der Waals surface area (Å²) in [6, 6.07) is 3.04. The van der Waals surface area contributed by atoms with Crippen LogP contribution in [0, 0.1) is 5.82 Å². The Morgan fingerprint density at radius 3 is 2.79 bits per heavy atom. The summed E-state index contributed by atoms with van der Waals surface area (Å²) in [5.74, 6) is -0.0839. The van der Waals surface area contributed by atoms with Gasteiger partial charge in [-0.1, -0.05) is 11.6 Å². The summed E-state index contributed by atoms with van der Waals surface area (Å²) in [5.41, 5.74) is 1.79. The molecule has 9 nitrogen and oxygen atoms in total. The molecule has 2 aliphatic heterocycles. The summed E-state index contributed by atoms with van der Waals surface area (Å²) in [7, 11) is 0. The van der Waals surface area contributed by atoms with E-state index in [0.29, 0.717) is 48.6 Å². The Bertz CT molecular complexity index is 1680. The van der Waals surface area contributed by atoms with Gasteiger partial charge in [0.25, 0.3) is 5.56 Å². The van der Waals surface area contributed by atoms with Gasteiger partial charge in [-0.05, 0) is 81.8 Å². The Balaban J connectivity index is 1.35. The van der Waals surface area contributed by atoms with Crippen LogP contribution in [-0.4, -0.2) is 31.6 Å². The maximum Gasteiger partial charge on any atom is 0.274 e. The number of carbonyl (C=O) groups is 1. The Morgan fingerprint density at radius 1 is 1.21 bits per heavy atom. The third kappa shape index (κ3) is 5.50. The van der Waals surface area contributed by atoms with Gasteiger partial charge >= 0.3 is 0 Å². The molecule has 43 heavy (non-hydrogen) atoms. The van der Waals surface area contributed by atoms with Crippen molar-refractivity contribution in [2.75, 3.05) is 0 Å². The van der Waals surface area contributed by atoms with Crippen LogP contribution in [0.1, 0.15) is 93.1 Å². The highest BCUT2D eigenvalue weighted by atomic mass is 35.5. The summed E-state index contributed by atoms with van der Waals surface area (Å²) in [4.78, 5) is 38.8. The molecule has 0 aromatic carbocycles. The molecule has 1 aliphatic carbocycles. The number of aryl methyl sites for hydroxylation is 2. The van der Waals surface area contributed by atoms with Gasteiger partial charge in [-0.15, -0.1) is 0 Å². The molecule has 12 heteroatoms. The molecule has 3 aliphatic rings. The number of nitrogens with zero attached hydrogens (tertiary/aromatic N) is 4. The monoisotopic (exact) mass is 610 g/mol. The van der Waals surface area contributed by atoms with E-state index >= 15 is 4.39 Å². The number of halogens is 3. The van der Waals surface area contributed by atoms with Gasteiger partial charge in [0.15, 0.2) is 12.0 Å². The van der Waals surface area contributed by atoms with E-state index in [1.165, 1.54) is 23.8 Å². The molecule has 5 heterocycles. The summed E-state index contributed by atoms with van der Waals surface area (Å²) in [5, 5.41) is 5.85. The number of aromatic nitrogens is 4. The maximum atomic E-state index is 16.7. The lowest BCUT2D eigenvalue weighted by Crippen LogP contribution is -2.45. The number of alkyl halides is 1. The van der Waals surface area contributed by atoms with Gasteiger partial charge in [0.1, 0.15) is 28.7 Å². The van der Waals surface area contributed by atoms with Crippen molar-refractivity contribution in [3.63, 3.8) is 0 Å². The predicted molar refractivity (Wildman–Crippen MR) is 156 cm³/mol. The van der Waals surface area contributed by atoms with Crippen molar-refractivity contribution in [1.82, 2.24) is 30.2 Å². The molecule has 3 aromatic rings. The van der Waals surface area contributed by atoms with E-state index in [9.17, 15) is 14.0 Å². The van der Waals surface area contributed by atoms with Crippen LogP contribution in [0.25, 0.3) is 0 Å². The standard InChI is InChI=1S/C31H33ClF2N6O3/c1-16(41)39-31(2,3)30-35-11-10-21(38-30)27-25(34)28-18(14-36-27)6-4-5-7-20-13-23(24(32)29(42)40(20)28)43-22-9-8-17-12-19(33)15-37-26(17)22/h10-15,22,25,27-28,36H,4-9H2,1-3H3,(H,39,41)/t22?,25-,27+,28?/m1/s1. The van der Waals surface area contributed by atoms with Crippen LogP contribution < -0.4 is 20.9 Å². The van der Waals surface area contributed by atoms with Crippen LogP contribution in [-0.2, 0) is 23.2 Å². The molecule has 0 spiro atoms. The Labute approximate surface area is 252 Å². The first-order valence-corrected chi connectivity index (χ1v) is 14.9. The average molecular weight is 611 g/mol. The summed E-state index contributed by atoms with van der Waals surface area (Å²) in [6.45, 7) is 4.96. The molecular weight excluding hydrogens is 578 g/mol. The second kappa shape index (κ2) is 11.3. The highest BCUT2D eigenvalue weighted by Gasteiger charge is 2.41. The van der Waals surface area contributed by atoms with Crippen molar-refractivity contribution >= 4 is 17.5 Å². The molecule has 3 aromatic heterocycles. The lowest BCUT2D eigenvalue weighted by atomic mass is 9.87. The van der Waals surface area contributed by atoms with E-state index in [1.807, 2.05) is 0 Å². The third-order valence-corrected chi connectivity index (χ3v) is 8.71. The van der Waals surface area contributed by atoms with Crippen LogP contribution in [0.4, 0.5) is 8.78 Å². The van der Waals surface area contributed by atoms with Crippen molar-refractivity contribution < 1.29 is 18.3 Å². The number of allylic oxidation sites excluding steroid dienone is 1. The number of hydrogen-bond acceptors (Lipinski definition) is 7. The fraction of sp³-hybridized carbons (Fsp3) is 0.452. The quantitative estimate of drug-likeness (QED) is 0.414. The number of ether oxygens (including phenoxy) is 1. The first-order chi connectivity index (χ1) is 20.5. The van der Waals surface area contributed by atoms with Gasteiger partial charge in [-0.25, -0.2) is 18.7 Å². The van der Waals surface area contributed by atoms with Gasteiger partial charge in [-0.2, -0.15) is 0 Å². The molecule has 226 valence electrons. The fourth-order valence-electron chi connectivity index (χ4n) is 6.40. The van der Waals surface area contributed by atoms with Gasteiger partial charge in [0.05, 0.1) is 29.2 Å². The molecule has 6 rings (SSSR count). The van der Waals surface area contributed by atoms with Gasteiger partial charge in [0.2, 0.25) is 5.91 Å². The first kappa shape index (κ1) is 29.2. The molecule has 0 saturated heterocycles. The van der Waals surface area contributed by atoms with Crippen LogP contribution in [0.3, 0.4) is 0 Å². The first-order valence-electron chi connectivity index (χ1n) is 14.5. The summed E-state index contributed by atoms with van der Waals surface area (Å²) >= 11 is 6.65. The number of amides is 1. The average Bonchev–Trinajstić information content (AvgIpc) is 3.34. The Kier molecular flexibility index (Phi) is 7.70. The molecule has 2 N–H and O–H groups in total. The molecule has 0 fully saturated rings. The highest BCUT2D eigenvalue weighted by molar-refractivity contribution is 6.31. The lowest BCUT2D eigenvalue weighted by Gasteiger charge is -2.38. The number of pyridine rings is 2. The molecular formula is C31H33ClF2N6O3. The number of nitrogens with one attached hydrogen (secondary N) is 2. The van der Waals surface area contributed by atoms with Gasteiger partial charge < -0.3 is 19.9 Å². The minimum atomic E-state index is -1.56. The van der Waals surface area contributed by atoms with Crippen LogP contribution in [0.15, 0.2) is 47.2 Å². The summed E-state index contributed by atoms with van der Waals surface area (Å²) in [6.07, 6.45) is 6.42. The largest absolute Gasteiger partial charge is 0.482 e. The van der Waals surface area contributed by atoms with E-state index in [-0.39, 0.29) is 16.7 Å². The Hall–Kier alpha value is -3.86.